The van der Waals surface area contributed by atoms with Crippen LogP contribution in [0.5, 0.6) is 6.01 Å². The lowest BCUT2D eigenvalue weighted by molar-refractivity contribution is 0.263. The molecular formula is C15H25N5O. The molecule has 2 atom stereocenters. The van der Waals surface area contributed by atoms with Crippen molar-refractivity contribution < 1.29 is 4.74 Å². The maximum Gasteiger partial charge on any atom is 0.318 e. The minimum atomic E-state index is 0.502. The third-order valence-electron chi connectivity index (χ3n) is 4.41. The molecule has 0 saturated carbocycles. The predicted octanol–water partition coefficient (Wildman–Crippen LogP) is 0.700. The second kappa shape index (κ2) is 6.15. The summed E-state index contributed by atoms with van der Waals surface area (Å²) >= 11 is 0. The summed E-state index contributed by atoms with van der Waals surface area (Å²) in [4.78, 5) is 15.8. The molecule has 2 aliphatic rings. The summed E-state index contributed by atoms with van der Waals surface area (Å²) in [5.74, 6) is 1.01. The van der Waals surface area contributed by atoms with Crippen molar-refractivity contribution in [2.24, 2.45) is 0 Å². The molecular weight excluding hydrogens is 266 g/mol. The molecule has 116 valence electrons. The van der Waals surface area contributed by atoms with Gasteiger partial charge in [0.2, 0.25) is 0 Å². The lowest BCUT2D eigenvalue weighted by Gasteiger charge is -2.32. The van der Waals surface area contributed by atoms with Crippen LogP contribution < -0.4 is 9.64 Å². The number of likely N-dealkylation sites (N-methyl/N-ethyl adjacent to an activating group) is 1. The van der Waals surface area contributed by atoms with Gasteiger partial charge in [-0.15, -0.1) is 0 Å². The molecule has 6 nitrogen and oxygen atoms in total. The summed E-state index contributed by atoms with van der Waals surface area (Å²) in [5, 5.41) is 0. The zero-order valence-electron chi connectivity index (χ0n) is 13.2. The maximum atomic E-state index is 5.67. The second-order valence-corrected chi connectivity index (χ2v) is 6.34. The van der Waals surface area contributed by atoms with Crippen LogP contribution in [0.1, 0.15) is 12.8 Å². The van der Waals surface area contributed by atoms with E-state index in [1.165, 1.54) is 6.42 Å². The number of nitrogens with zero attached hydrogens (tertiary/aromatic N) is 5. The van der Waals surface area contributed by atoms with Gasteiger partial charge in [-0.2, -0.15) is 4.98 Å². The molecule has 2 fully saturated rings. The van der Waals surface area contributed by atoms with Crippen LogP contribution in [0.3, 0.4) is 0 Å². The van der Waals surface area contributed by atoms with E-state index in [9.17, 15) is 0 Å². The number of piperazine rings is 1. The van der Waals surface area contributed by atoms with E-state index in [0.717, 1.165) is 31.9 Å². The van der Waals surface area contributed by atoms with E-state index in [2.05, 4.69) is 45.8 Å². The number of likely N-dealkylation sites (tertiary alicyclic amines) is 1. The molecule has 2 saturated heterocycles. The van der Waals surface area contributed by atoms with Gasteiger partial charge in [0.05, 0.1) is 6.61 Å². The van der Waals surface area contributed by atoms with Crippen LogP contribution in [-0.2, 0) is 0 Å². The Labute approximate surface area is 126 Å². The van der Waals surface area contributed by atoms with Gasteiger partial charge in [-0.1, -0.05) is 0 Å². The van der Waals surface area contributed by atoms with Crippen LogP contribution in [0.2, 0.25) is 0 Å². The fourth-order valence-corrected chi connectivity index (χ4v) is 3.25. The highest BCUT2D eigenvalue weighted by Crippen LogP contribution is 2.32. The minimum absolute atomic E-state index is 0.502. The van der Waals surface area contributed by atoms with Crippen LogP contribution in [0.4, 0.5) is 5.82 Å². The van der Waals surface area contributed by atoms with Gasteiger partial charge in [0.1, 0.15) is 5.82 Å². The van der Waals surface area contributed by atoms with Crippen molar-refractivity contribution in [3.8, 4) is 6.01 Å². The molecule has 3 rings (SSSR count). The molecule has 0 radical (unpaired) electrons. The lowest BCUT2D eigenvalue weighted by Crippen LogP contribution is -2.44. The first-order chi connectivity index (χ1) is 10.1. The van der Waals surface area contributed by atoms with E-state index >= 15 is 0 Å². The monoisotopic (exact) mass is 291 g/mol. The van der Waals surface area contributed by atoms with Gasteiger partial charge >= 0.3 is 6.01 Å². The molecule has 1 aromatic rings. The Balaban J connectivity index is 1.57. The third-order valence-corrected chi connectivity index (χ3v) is 4.41. The maximum absolute atomic E-state index is 5.67. The highest BCUT2D eigenvalue weighted by Gasteiger charge is 2.41. The predicted molar refractivity (Wildman–Crippen MR) is 82.9 cm³/mol. The van der Waals surface area contributed by atoms with Crippen molar-refractivity contribution in [2.45, 2.75) is 24.9 Å². The molecule has 6 heteroatoms. The first kappa shape index (κ1) is 14.5. The zero-order chi connectivity index (χ0) is 14.8. The first-order valence-electron chi connectivity index (χ1n) is 7.71. The summed E-state index contributed by atoms with van der Waals surface area (Å²) in [5.41, 5.74) is 0. The van der Waals surface area contributed by atoms with Crippen LogP contribution in [0.15, 0.2) is 12.3 Å². The molecule has 1 aromatic heterocycles. The lowest BCUT2D eigenvalue weighted by atomic mass is 10.2. The molecule has 0 spiro atoms. The van der Waals surface area contributed by atoms with E-state index < -0.39 is 0 Å². The molecule has 2 aliphatic heterocycles. The summed E-state index contributed by atoms with van der Waals surface area (Å²) in [6, 6.07) is 3.77. The quantitative estimate of drug-likeness (QED) is 0.719. The normalized spacial score (nSPS) is 25.0. The standard InChI is InChI=1S/C15H25N5O/c1-18(2)7-4-8-21-15-16-6-5-14(17-15)20-11-12-9-13(20)10-19(12)3/h5-6,12-13H,4,7-11H2,1-3H3. The summed E-state index contributed by atoms with van der Waals surface area (Å²) in [6.45, 7) is 3.88. The fourth-order valence-electron chi connectivity index (χ4n) is 3.25. The number of aromatic nitrogens is 2. The Morgan fingerprint density at radius 1 is 1.33 bits per heavy atom. The molecule has 3 heterocycles. The van der Waals surface area contributed by atoms with Gasteiger partial charge in [-0.25, -0.2) is 4.98 Å². The molecule has 2 unspecified atom stereocenters. The number of fused-ring (bicyclic) bond motifs is 2. The van der Waals surface area contributed by atoms with Gasteiger partial charge in [-0.3, -0.25) is 4.90 Å². The average Bonchev–Trinajstić information content (AvgIpc) is 3.03. The molecule has 2 bridgehead atoms. The number of anilines is 1. The van der Waals surface area contributed by atoms with Crippen molar-refractivity contribution in [2.75, 3.05) is 52.3 Å². The van der Waals surface area contributed by atoms with E-state index in [1.54, 1.807) is 6.20 Å². The first-order valence-corrected chi connectivity index (χ1v) is 7.71. The largest absolute Gasteiger partial charge is 0.463 e. The van der Waals surface area contributed by atoms with Gasteiger partial charge in [0.25, 0.3) is 0 Å². The summed E-state index contributed by atoms with van der Waals surface area (Å²) in [6.07, 6.45) is 4.04. The molecule has 0 aliphatic carbocycles. The van der Waals surface area contributed by atoms with Gasteiger partial charge in [0, 0.05) is 37.9 Å². The summed E-state index contributed by atoms with van der Waals surface area (Å²) < 4.78 is 5.67. The van der Waals surface area contributed by atoms with Crippen LogP contribution in [-0.4, -0.2) is 79.2 Å². The molecule has 0 aromatic carbocycles. The highest BCUT2D eigenvalue weighted by atomic mass is 16.5. The number of hydrogen-bond acceptors (Lipinski definition) is 6. The van der Waals surface area contributed by atoms with E-state index in [4.69, 9.17) is 4.74 Å². The number of hydrogen-bond donors (Lipinski definition) is 0. The van der Waals surface area contributed by atoms with Crippen LogP contribution in [0.25, 0.3) is 0 Å². The SMILES string of the molecule is CN(C)CCCOc1nccc(N2CC3CC2CN3C)n1. The number of rotatable bonds is 6. The van der Waals surface area contributed by atoms with Gasteiger partial charge < -0.3 is 14.5 Å². The Morgan fingerprint density at radius 2 is 2.19 bits per heavy atom. The van der Waals surface area contributed by atoms with Gasteiger partial charge in [0.15, 0.2) is 0 Å². The van der Waals surface area contributed by atoms with Crippen molar-refractivity contribution in [1.29, 1.82) is 0 Å². The Kier molecular flexibility index (Phi) is 4.26. The smallest absolute Gasteiger partial charge is 0.318 e. The van der Waals surface area contributed by atoms with E-state index in [1.807, 2.05) is 6.07 Å². The van der Waals surface area contributed by atoms with Crippen molar-refractivity contribution >= 4 is 5.82 Å². The van der Waals surface area contributed by atoms with Gasteiger partial charge in [-0.05, 0) is 40.1 Å². The van der Waals surface area contributed by atoms with Crippen molar-refractivity contribution in [3.05, 3.63) is 12.3 Å². The third kappa shape index (κ3) is 3.27. The average molecular weight is 291 g/mol. The Hall–Kier alpha value is -1.40. The topological polar surface area (TPSA) is 44.7 Å². The zero-order valence-corrected chi connectivity index (χ0v) is 13.2. The van der Waals surface area contributed by atoms with E-state index in [0.29, 0.717) is 24.7 Å². The number of ether oxygens (including phenoxy) is 1. The second-order valence-electron chi connectivity index (χ2n) is 6.34. The van der Waals surface area contributed by atoms with Crippen molar-refractivity contribution in [1.82, 2.24) is 19.8 Å². The van der Waals surface area contributed by atoms with Crippen LogP contribution in [0, 0.1) is 0 Å². The van der Waals surface area contributed by atoms with E-state index in [-0.39, 0.29) is 0 Å². The Bertz CT molecular complexity index is 479. The highest BCUT2D eigenvalue weighted by molar-refractivity contribution is 5.43. The fraction of sp³-hybridized carbons (Fsp3) is 0.733. The summed E-state index contributed by atoms with van der Waals surface area (Å²) in [7, 11) is 6.34. The molecule has 0 N–H and O–H groups in total. The Morgan fingerprint density at radius 3 is 2.86 bits per heavy atom. The minimum Gasteiger partial charge on any atom is -0.463 e. The molecule has 0 amide bonds. The van der Waals surface area contributed by atoms with Crippen LogP contribution >= 0.6 is 0 Å². The molecule has 21 heavy (non-hydrogen) atoms. The van der Waals surface area contributed by atoms with Crippen molar-refractivity contribution in [3.63, 3.8) is 0 Å².